The summed E-state index contributed by atoms with van der Waals surface area (Å²) >= 11 is 0. The Morgan fingerprint density at radius 3 is 2.97 bits per heavy atom. The number of carbonyl (C=O) groups is 1. The van der Waals surface area contributed by atoms with Crippen molar-refractivity contribution in [1.82, 2.24) is 19.8 Å². The predicted molar refractivity (Wildman–Crippen MR) is 121 cm³/mol. The van der Waals surface area contributed by atoms with Gasteiger partial charge in [0.25, 0.3) is 0 Å². The third kappa shape index (κ3) is 5.15. The Balaban J connectivity index is 1.53. The number of fused-ring (bicyclic) bond motifs is 1. The summed E-state index contributed by atoms with van der Waals surface area (Å²) in [6.45, 7) is 5.88. The van der Waals surface area contributed by atoms with E-state index in [1.807, 2.05) is 17.0 Å². The van der Waals surface area contributed by atoms with Gasteiger partial charge in [-0.05, 0) is 44.0 Å². The van der Waals surface area contributed by atoms with Crippen molar-refractivity contribution in [2.75, 3.05) is 45.7 Å². The number of likely N-dealkylation sites (N-methyl/N-ethyl adjacent to an activating group) is 1. The molecule has 0 spiro atoms. The molecule has 0 bridgehead atoms. The fraction of sp³-hybridized carbons (Fsp3) is 0.542. The molecular weight excluding hydrogens is 390 g/mol. The van der Waals surface area contributed by atoms with Crippen molar-refractivity contribution >= 4 is 11.7 Å². The van der Waals surface area contributed by atoms with E-state index in [1.54, 1.807) is 14.0 Å². The number of carbonyl (C=O) groups excluding carboxylic acids is 1. The number of hydrogen-bond acceptors (Lipinski definition) is 6. The number of amides is 1. The summed E-state index contributed by atoms with van der Waals surface area (Å²) in [6.07, 6.45) is 3.87. The molecule has 2 aliphatic rings. The first kappa shape index (κ1) is 21.6. The first-order valence-electron chi connectivity index (χ1n) is 11.2. The number of rotatable bonds is 6. The Hall–Kier alpha value is -2.67. The van der Waals surface area contributed by atoms with E-state index in [0.29, 0.717) is 0 Å². The zero-order valence-corrected chi connectivity index (χ0v) is 18.9. The minimum atomic E-state index is 0.140. The molecule has 4 rings (SSSR count). The van der Waals surface area contributed by atoms with Crippen LogP contribution in [0.3, 0.4) is 0 Å². The molecule has 7 nitrogen and oxygen atoms in total. The fourth-order valence-electron chi connectivity index (χ4n) is 4.52. The summed E-state index contributed by atoms with van der Waals surface area (Å²) in [5.41, 5.74) is 3.60. The quantitative estimate of drug-likeness (QED) is 0.771. The molecule has 1 amide bonds. The van der Waals surface area contributed by atoms with Gasteiger partial charge in [0.1, 0.15) is 17.4 Å². The maximum atomic E-state index is 11.9. The normalized spacial score (nSPS) is 19.1. The number of nitrogens with zero attached hydrogens (tertiary/aromatic N) is 4. The second-order valence-electron chi connectivity index (χ2n) is 8.68. The van der Waals surface area contributed by atoms with Crippen LogP contribution in [0.1, 0.15) is 48.3 Å². The fourth-order valence-corrected chi connectivity index (χ4v) is 4.52. The summed E-state index contributed by atoms with van der Waals surface area (Å²) < 4.78 is 5.34. The summed E-state index contributed by atoms with van der Waals surface area (Å²) in [5, 5.41) is 3.59. The number of piperidine rings is 1. The second kappa shape index (κ2) is 9.64. The molecule has 166 valence electrons. The van der Waals surface area contributed by atoms with E-state index in [4.69, 9.17) is 14.7 Å². The van der Waals surface area contributed by atoms with Crippen LogP contribution in [0.4, 0.5) is 5.82 Å². The van der Waals surface area contributed by atoms with Crippen LogP contribution in [0.2, 0.25) is 0 Å². The highest BCUT2D eigenvalue weighted by Crippen LogP contribution is 2.29. The van der Waals surface area contributed by atoms with Gasteiger partial charge in [-0.25, -0.2) is 9.97 Å². The van der Waals surface area contributed by atoms with E-state index in [0.717, 1.165) is 81.5 Å². The van der Waals surface area contributed by atoms with E-state index in [1.165, 1.54) is 11.1 Å². The molecule has 0 aliphatic carbocycles. The molecule has 1 saturated heterocycles. The van der Waals surface area contributed by atoms with Crippen molar-refractivity contribution < 1.29 is 9.53 Å². The maximum absolute atomic E-state index is 11.9. The number of anilines is 1. The molecule has 31 heavy (non-hydrogen) atoms. The van der Waals surface area contributed by atoms with Gasteiger partial charge < -0.3 is 19.9 Å². The number of benzene rings is 1. The minimum absolute atomic E-state index is 0.140. The zero-order chi connectivity index (χ0) is 21.8. The molecule has 7 heteroatoms. The van der Waals surface area contributed by atoms with Crippen LogP contribution in [0.25, 0.3) is 0 Å². The van der Waals surface area contributed by atoms with Crippen molar-refractivity contribution in [3.05, 3.63) is 46.9 Å². The largest absolute Gasteiger partial charge is 0.497 e. The van der Waals surface area contributed by atoms with E-state index in [2.05, 4.69) is 29.4 Å². The molecule has 2 aliphatic heterocycles. The van der Waals surface area contributed by atoms with Gasteiger partial charge in [0.05, 0.1) is 12.8 Å². The zero-order valence-electron chi connectivity index (χ0n) is 18.9. The van der Waals surface area contributed by atoms with Crippen molar-refractivity contribution in [2.24, 2.45) is 0 Å². The lowest BCUT2D eigenvalue weighted by Gasteiger charge is -2.32. The van der Waals surface area contributed by atoms with Crippen molar-refractivity contribution in [1.29, 1.82) is 0 Å². The summed E-state index contributed by atoms with van der Waals surface area (Å²) in [4.78, 5) is 26.1. The first-order chi connectivity index (χ1) is 15.0. The molecule has 0 saturated carbocycles. The Morgan fingerprint density at radius 1 is 1.29 bits per heavy atom. The number of nitrogens with one attached hydrogen (secondary N) is 1. The highest BCUT2D eigenvalue weighted by atomic mass is 16.5. The topological polar surface area (TPSA) is 70.6 Å². The molecule has 3 heterocycles. The monoisotopic (exact) mass is 423 g/mol. The Kier molecular flexibility index (Phi) is 6.70. The van der Waals surface area contributed by atoms with Gasteiger partial charge in [0.15, 0.2) is 0 Å². The SMILES string of the molecule is COc1cccc(CCNc2nc(C3CCCN(C(C)=O)C3)nc3c2CN(C)CC3)c1. The number of hydrogen-bond donors (Lipinski definition) is 1. The van der Waals surface area contributed by atoms with Crippen LogP contribution in [0, 0.1) is 0 Å². The van der Waals surface area contributed by atoms with Gasteiger partial charge in [-0.3, -0.25) is 4.79 Å². The molecule has 1 aromatic heterocycles. The number of ether oxygens (including phenoxy) is 1. The van der Waals surface area contributed by atoms with Gasteiger partial charge in [0, 0.05) is 57.5 Å². The molecular formula is C24H33N5O2. The standard InChI is InChI=1S/C24H33N5O2/c1-17(30)29-12-5-7-19(15-29)23-26-22-10-13-28(2)16-21(22)24(27-23)25-11-9-18-6-4-8-20(14-18)31-3/h4,6,8,14,19H,5,7,9-13,15-16H2,1-3H3,(H,25,26,27). The van der Waals surface area contributed by atoms with E-state index in [-0.39, 0.29) is 11.8 Å². The second-order valence-corrected chi connectivity index (χ2v) is 8.68. The van der Waals surface area contributed by atoms with Crippen LogP contribution >= 0.6 is 0 Å². The van der Waals surface area contributed by atoms with Crippen LogP contribution in [0.5, 0.6) is 5.75 Å². The summed E-state index contributed by atoms with van der Waals surface area (Å²) in [5.74, 6) is 3.07. The van der Waals surface area contributed by atoms with E-state index in [9.17, 15) is 4.79 Å². The molecule has 1 aromatic carbocycles. The lowest BCUT2D eigenvalue weighted by atomic mass is 9.96. The van der Waals surface area contributed by atoms with Gasteiger partial charge in [0.2, 0.25) is 5.91 Å². The smallest absolute Gasteiger partial charge is 0.219 e. The number of methoxy groups -OCH3 is 1. The molecule has 0 radical (unpaired) electrons. The highest BCUT2D eigenvalue weighted by Gasteiger charge is 2.28. The van der Waals surface area contributed by atoms with Gasteiger partial charge in [-0.15, -0.1) is 0 Å². The van der Waals surface area contributed by atoms with Crippen molar-refractivity contribution in [3.8, 4) is 5.75 Å². The van der Waals surface area contributed by atoms with Gasteiger partial charge in [-0.2, -0.15) is 0 Å². The highest BCUT2D eigenvalue weighted by molar-refractivity contribution is 5.73. The Bertz CT molecular complexity index is 932. The van der Waals surface area contributed by atoms with E-state index < -0.39 is 0 Å². The third-order valence-electron chi connectivity index (χ3n) is 6.34. The van der Waals surface area contributed by atoms with Crippen LogP contribution in [0.15, 0.2) is 24.3 Å². The maximum Gasteiger partial charge on any atom is 0.219 e. The molecule has 1 atom stereocenters. The lowest BCUT2D eigenvalue weighted by Crippen LogP contribution is -2.38. The summed E-state index contributed by atoms with van der Waals surface area (Å²) in [7, 11) is 3.84. The summed E-state index contributed by atoms with van der Waals surface area (Å²) in [6, 6.07) is 8.19. The van der Waals surface area contributed by atoms with Crippen LogP contribution in [-0.2, 0) is 24.2 Å². The van der Waals surface area contributed by atoms with Crippen LogP contribution in [-0.4, -0.2) is 66.0 Å². The number of likely N-dealkylation sites (tertiary alicyclic amines) is 1. The van der Waals surface area contributed by atoms with Crippen molar-refractivity contribution in [3.63, 3.8) is 0 Å². The third-order valence-corrected chi connectivity index (χ3v) is 6.34. The minimum Gasteiger partial charge on any atom is -0.497 e. The number of aromatic nitrogens is 2. The van der Waals surface area contributed by atoms with Crippen molar-refractivity contribution in [2.45, 2.75) is 45.1 Å². The van der Waals surface area contributed by atoms with E-state index >= 15 is 0 Å². The average Bonchev–Trinajstić information content (AvgIpc) is 2.79. The molecule has 2 aromatic rings. The first-order valence-corrected chi connectivity index (χ1v) is 11.2. The molecule has 1 fully saturated rings. The predicted octanol–water partition coefficient (Wildman–Crippen LogP) is 2.85. The van der Waals surface area contributed by atoms with Crippen LogP contribution < -0.4 is 10.1 Å². The van der Waals surface area contributed by atoms with Gasteiger partial charge in [-0.1, -0.05) is 12.1 Å². The molecule has 1 N–H and O–H groups in total. The lowest BCUT2D eigenvalue weighted by molar-refractivity contribution is -0.130. The molecule has 1 unspecified atom stereocenters. The van der Waals surface area contributed by atoms with Gasteiger partial charge >= 0.3 is 0 Å². The Labute approximate surface area is 184 Å². The Morgan fingerprint density at radius 2 is 2.16 bits per heavy atom. The average molecular weight is 424 g/mol.